The van der Waals surface area contributed by atoms with Gasteiger partial charge in [-0.2, -0.15) is 5.26 Å². The lowest BCUT2D eigenvalue weighted by molar-refractivity contribution is -0.120. The maximum atomic E-state index is 11.4. The minimum atomic E-state index is -0.165. The normalized spacial score (nSPS) is 11.6. The number of aliphatic hydroxyl groups excluding tert-OH is 1. The van der Waals surface area contributed by atoms with Gasteiger partial charge in [-0.15, -0.1) is 0 Å². The van der Waals surface area contributed by atoms with Gasteiger partial charge in [-0.3, -0.25) is 4.79 Å². The van der Waals surface area contributed by atoms with Crippen molar-refractivity contribution in [1.29, 1.82) is 5.26 Å². The van der Waals surface area contributed by atoms with Crippen molar-refractivity contribution in [3.05, 3.63) is 35.9 Å². The van der Waals surface area contributed by atoms with Gasteiger partial charge in [0.05, 0.1) is 25.6 Å². The molecule has 0 spiro atoms. The van der Waals surface area contributed by atoms with Crippen LogP contribution in [0.1, 0.15) is 12.0 Å². The van der Waals surface area contributed by atoms with Crippen molar-refractivity contribution in [2.75, 3.05) is 19.7 Å². The van der Waals surface area contributed by atoms with Crippen LogP contribution in [0.15, 0.2) is 30.3 Å². The predicted molar refractivity (Wildman–Crippen MR) is 72.3 cm³/mol. The number of amides is 1. The second kappa shape index (κ2) is 9.09. The molecule has 1 atom stereocenters. The molecule has 0 aromatic heterocycles. The second-order valence-electron chi connectivity index (χ2n) is 4.21. The summed E-state index contributed by atoms with van der Waals surface area (Å²) in [5.74, 6) is -0.165. The zero-order valence-corrected chi connectivity index (χ0v) is 10.8. The summed E-state index contributed by atoms with van der Waals surface area (Å²) in [6, 6.07) is 11.6. The molecule has 102 valence electrons. The Kier molecular flexibility index (Phi) is 7.25. The highest BCUT2D eigenvalue weighted by Gasteiger charge is 2.09. The van der Waals surface area contributed by atoms with Crippen LogP contribution in [0.3, 0.4) is 0 Å². The van der Waals surface area contributed by atoms with Gasteiger partial charge < -0.3 is 15.7 Å². The molecule has 1 aromatic carbocycles. The summed E-state index contributed by atoms with van der Waals surface area (Å²) < 4.78 is 0. The van der Waals surface area contributed by atoms with Crippen LogP contribution in [0, 0.1) is 11.3 Å². The summed E-state index contributed by atoms with van der Waals surface area (Å²) >= 11 is 0. The summed E-state index contributed by atoms with van der Waals surface area (Å²) in [4.78, 5) is 11.4. The monoisotopic (exact) mass is 261 g/mol. The number of carbonyl (C=O) groups excluding carboxylic acids is 1. The number of rotatable bonds is 8. The fourth-order valence-corrected chi connectivity index (χ4v) is 1.66. The molecule has 1 aromatic rings. The van der Waals surface area contributed by atoms with Crippen molar-refractivity contribution in [3.8, 4) is 6.07 Å². The Bertz CT molecular complexity index is 414. The molecule has 5 nitrogen and oxygen atoms in total. The molecule has 19 heavy (non-hydrogen) atoms. The summed E-state index contributed by atoms with van der Waals surface area (Å²) in [5, 5.41) is 23.2. The third-order valence-electron chi connectivity index (χ3n) is 2.66. The lowest BCUT2D eigenvalue weighted by atomic mass is 10.1. The number of hydrogen-bond donors (Lipinski definition) is 3. The predicted octanol–water partition coefficient (Wildman–Crippen LogP) is 0.209. The van der Waals surface area contributed by atoms with Gasteiger partial charge in [0.1, 0.15) is 0 Å². The molecule has 1 amide bonds. The van der Waals surface area contributed by atoms with Gasteiger partial charge in [0.25, 0.3) is 0 Å². The van der Waals surface area contributed by atoms with Crippen molar-refractivity contribution >= 4 is 5.91 Å². The van der Waals surface area contributed by atoms with Crippen molar-refractivity contribution in [3.63, 3.8) is 0 Å². The molecule has 0 saturated carbocycles. The second-order valence-corrected chi connectivity index (χ2v) is 4.21. The number of carbonyl (C=O) groups is 1. The summed E-state index contributed by atoms with van der Waals surface area (Å²) in [5.41, 5.74) is 1.11. The first-order valence-corrected chi connectivity index (χ1v) is 6.28. The minimum absolute atomic E-state index is 0.0274. The highest BCUT2D eigenvalue weighted by atomic mass is 16.3. The molecule has 0 bridgehead atoms. The van der Waals surface area contributed by atoms with Crippen molar-refractivity contribution < 1.29 is 9.90 Å². The van der Waals surface area contributed by atoms with Crippen LogP contribution < -0.4 is 10.6 Å². The molecule has 0 saturated heterocycles. The highest BCUT2D eigenvalue weighted by molar-refractivity contribution is 5.78. The van der Waals surface area contributed by atoms with E-state index in [1.165, 1.54) is 0 Å². The number of nitrogens with zero attached hydrogens (tertiary/aromatic N) is 1. The molecule has 0 aliphatic carbocycles. The molecule has 0 radical (unpaired) electrons. The minimum Gasteiger partial charge on any atom is -0.395 e. The molecule has 0 aliphatic heterocycles. The molecule has 1 unspecified atom stereocenters. The summed E-state index contributed by atoms with van der Waals surface area (Å²) in [6.45, 7) is 0.476. The first-order valence-electron chi connectivity index (χ1n) is 6.28. The topological polar surface area (TPSA) is 85.2 Å². The Labute approximate surface area is 113 Å². The van der Waals surface area contributed by atoms with E-state index in [0.29, 0.717) is 19.4 Å². The van der Waals surface area contributed by atoms with Gasteiger partial charge in [0.15, 0.2) is 0 Å². The largest absolute Gasteiger partial charge is 0.395 e. The Morgan fingerprint density at radius 3 is 2.74 bits per heavy atom. The Balaban J connectivity index is 2.29. The summed E-state index contributed by atoms with van der Waals surface area (Å²) in [6.07, 6.45) is 0.974. The van der Waals surface area contributed by atoms with E-state index >= 15 is 0 Å². The van der Waals surface area contributed by atoms with E-state index in [1.807, 2.05) is 36.4 Å². The third kappa shape index (κ3) is 6.55. The van der Waals surface area contributed by atoms with E-state index in [0.717, 1.165) is 5.56 Å². The zero-order valence-electron chi connectivity index (χ0n) is 10.8. The lowest BCUT2D eigenvalue weighted by Crippen LogP contribution is -2.42. The fourth-order valence-electron chi connectivity index (χ4n) is 1.66. The Morgan fingerprint density at radius 2 is 2.11 bits per heavy atom. The molecule has 0 fully saturated rings. The van der Waals surface area contributed by atoms with E-state index in [2.05, 4.69) is 10.6 Å². The Hall–Kier alpha value is -1.90. The quantitative estimate of drug-likeness (QED) is 0.584. The maximum absolute atomic E-state index is 11.4. The van der Waals surface area contributed by atoms with Gasteiger partial charge in [-0.25, -0.2) is 0 Å². The highest BCUT2D eigenvalue weighted by Crippen LogP contribution is 2.02. The van der Waals surface area contributed by atoms with Crippen molar-refractivity contribution in [1.82, 2.24) is 10.6 Å². The van der Waals surface area contributed by atoms with Gasteiger partial charge in [0, 0.05) is 12.6 Å². The maximum Gasteiger partial charge on any atom is 0.234 e. The number of hydrogen-bond acceptors (Lipinski definition) is 4. The SMILES string of the molecule is N#CCCNC(=O)CNC(CO)Cc1ccccc1. The van der Waals surface area contributed by atoms with Crippen molar-refractivity contribution in [2.45, 2.75) is 18.9 Å². The van der Waals surface area contributed by atoms with Gasteiger partial charge in [-0.05, 0) is 12.0 Å². The molecule has 1 rings (SSSR count). The molecule has 5 heteroatoms. The summed E-state index contributed by atoms with van der Waals surface area (Å²) in [7, 11) is 0. The Morgan fingerprint density at radius 1 is 1.37 bits per heavy atom. The number of aliphatic hydroxyl groups is 1. The first-order chi connectivity index (χ1) is 9.26. The molecular formula is C14H19N3O2. The van der Waals surface area contributed by atoms with Gasteiger partial charge in [-0.1, -0.05) is 30.3 Å². The van der Waals surface area contributed by atoms with Gasteiger partial charge >= 0.3 is 0 Å². The van der Waals surface area contributed by atoms with Crippen LogP contribution in [-0.2, 0) is 11.2 Å². The zero-order chi connectivity index (χ0) is 13.9. The van der Waals surface area contributed by atoms with E-state index in [4.69, 9.17) is 5.26 Å². The van der Waals surface area contributed by atoms with Crippen LogP contribution in [0.4, 0.5) is 0 Å². The van der Waals surface area contributed by atoms with Crippen LogP contribution in [-0.4, -0.2) is 36.8 Å². The molecule has 3 N–H and O–H groups in total. The molecule has 0 heterocycles. The standard InChI is InChI=1S/C14H19N3O2/c15-7-4-8-16-14(19)10-17-13(11-18)9-12-5-2-1-3-6-12/h1-3,5-6,13,17-18H,4,8-11H2,(H,16,19). The fraction of sp³-hybridized carbons (Fsp3) is 0.429. The van der Waals surface area contributed by atoms with Crippen LogP contribution in [0.25, 0.3) is 0 Å². The van der Waals surface area contributed by atoms with E-state index in [1.54, 1.807) is 0 Å². The molecular weight excluding hydrogens is 242 g/mol. The average Bonchev–Trinajstić information content (AvgIpc) is 2.45. The van der Waals surface area contributed by atoms with Crippen LogP contribution in [0.5, 0.6) is 0 Å². The lowest BCUT2D eigenvalue weighted by Gasteiger charge is -2.16. The smallest absolute Gasteiger partial charge is 0.234 e. The van der Waals surface area contributed by atoms with Gasteiger partial charge in [0.2, 0.25) is 5.91 Å². The van der Waals surface area contributed by atoms with Crippen LogP contribution in [0.2, 0.25) is 0 Å². The van der Waals surface area contributed by atoms with E-state index < -0.39 is 0 Å². The van der Waals surface area contributed by atoms with E-state index in [-0.39, 0.29) is 25.1 Å². The van der Waals surface area contributed by atoms with Crippen LogP contribution >= 0.6 is 0 Å². The number of nitriles is 1. The van der Waals surface area contributed by atoms with Crippen molar-refractivity contribution in [2.24, 2.45) is 0 Å². The number of nitrogens with one attached hydrogen (secondary N) is 2. The number of benzene rings is 1. The first kappa shape index (κ1) is 15.2. The average molecular weight is 261 g/mol. The third-order valence-corrected chi connectivity index (χ3v) is 2.66. The van der Waals surface area contributed by atoms with E-state index in [9.17, 15) is 9.90 Å². The molecule has 0 aliphatic rings.